The first-order chi connectivity index (χ1) is 8.78. The molecule has 1 fully saturated rings. The normalized spacial score (nSPS) is 15.3. The van der Waals surface area contributed by atoms with Crippen LogP contribution < -0.4 is 0 Å². The van der Waals surface area contributed by atoms with Crippen LogP contribution in [0.1, 0.15) is 19.3 Å². The van der Waals surface area contributed by atoms with Gasteiger partial charge in [-0.1, -0.05) is 0 Å². The Morgan fingerprint density at radius 1 is 1.32 bits per heavy atom. The molecule has 1 rings (SSSR count). The Hall–Kier alpha value is -1.31. The summed E-state index contributed by atoms with van der Waals surface area (Å²) in [5.74, 6) is -1.30. The van der Waals surface area contributed by atoms with Gasteiger partial charge in [0, 0.05) is 6.54 Å². The molecule has 5 nitrogen and oxygen atoms in total. The van der Waals surface area contributed by atoms with Crippen LogP contribution in [0.15, 0.2) is 0 Å². The summed E-state index contributed by atoms with van der Waals surface area (Å²) < 4.78 is 39.7. The SMILES string of the molecule is O=C(O)CN(CC1CC1)C(=O)CCOCC(F)(F)F. The topological polar surface area (TPSA) is 66.8 Å². The minimum atomic E-state index is -4.42. The van der Waals surface area contributed by atoms with Crippen molar-refractivity contribution in [2.45, 2.75) is 25.4 Å². The molecule has 1 aliphatic rings. The maximum atomic E-state index is 11.8. The van der Waals surface area contributed by atoms with Crippen molar-refractivity contribution in [2.24, 2.45) is 5.92 Å². The molecule has 0 heterocycles. The smallest absolute Gasteiger partial charge is 0.411 e. The predicted molar refractivity (Wildman–Crippen MR) is 58.4 cm³/mol. The maximum absolute atomic E-state index is 11.8. The number of carbonyl (C=O) groups is 2. The fourth-order valence-electron chi connectivity index (χ4n) is 1.54. The third-order valence-electron chi connectivity index (χ3n) is 2.58. The Kier molecular flexibility index (Phi) is 5.59. The standard InChI is InChI=1S/C11H16F3NO4/c12-11(13,14)7-19-4-3-9(16)15(6-10(17)18)5-8-1-2-8/h8H,1-7H2,(H,17,18). The zero-order valence-corrected chi connectivity index (χ0v) is 10.3. The molecular formula is C11H16F3NO4. The minimum Gasteiger partial charge on any atom is -0.480 e. The molecule has 0 saturated heterocycles. The first-order valence-electron chi connectivity index (χ1n) is 5.92. The Bertz CT molecular complexity index is 328. The van der Waals surface area contributed by atoms with Gasteiger partial charge in [-0.3, -0.25) is 9.59 Å². The van der Waals surface area contributed by atoms with E-state index in [9.17, 15) is 22.8 Å². The molecule has 0 aromatic carbocycles. The van der Waals surface area contributed by atoms with Gasteiger partial charge in [0.15, 0.2) is 0 Å². The van der Waals surface area contributed by atoms with Gasteiger partial charge in [-0.2, -0.15) is 13.2 Å². The predicted octanol–water partition coefficient (Wildman–Crippen LogP) is 1.28. The van der Waals surface area contributed by atoms with E-state index in [2.05, 4.69) is 4.74 Å². The summed E-state index contributed by atoms with van der Waals surface area (Å²) in [5.41, 5.74) is 0. The average Bonchev–Trinajstić information content (AvgIpc) is 3.05. The van der Waals surface area contributed by atoms with E-state index in [4.69, 9.17) is 5.11 Å². The summed E-state index contributed by atoms with van der Waals surface area (Å²) in [4.78, 5) is 23.4. The molecular weight excluding hydrogens is 267 g/mol. The lowest BCUT2D eigenvalue weighted by Gasteiger charge is -2.20. The minimum absolute atomic E-state index is 0.240. The number of carboxylic acids is 1. The second-order valence-electron chi connectivity index (χ2n) is 4.53. The summed E-state index contributed by atoms with van der Waals surface area (Å²) >= 11 is 0. The maximum Gasteiger partial charge on any atom is 0.411 e. The molecule has 0 aliphatic heterocycles. The van der Waals surface area contributed by atoms with Gasteiger partial charge < -0.3 is 14.7 Å². The number of hydrogen-bond donors (Lipinski definition) is 1. The van der Waals surface area contributed by atoms with Gasteiger partial charge in [0.25, 0.3) is 0 Å². The molecule has 0 aromatic heterocycles. The highest BCUT2D eigenvalue weighted by atomic mass is 19.4. The first-order valence-corrected chi connectivity index (χ1v) is 5.92. The van der Waals surface area contributed by atoms with Gasteiger partial charge in [0.1, 0.15) is 13.2 Å². The van der Waals surface area contributed by atoms with Gasteiger partial charge >= 0.3 is 12.1 Å². The molecule has 0 aromatic rings. The van der Waals surface area contributed by atoms with Crippen molar-refractivity contribution in [3.63, 3.8) is 0 Å². The number of carbonyl (C=O) groups excluding carboxylic acids is 1. The lowest BCUT2D eigenvalue weighted by molar-refractivity contribution is -0.175. The van der Waals surface area contributed by atoms with E-state index in [1.165, 1.54) is 0 Å². The summed E-state index contributed by atoms with van der Waals surface area (Å²) in [5, 5.41) is 8.67. The molecule has 0 atom stereocenters. The molecule has 1 aliphatic carbocycles. The van der Waals surface area contributed by atoms with Gasteiger partial charge in [-0.25, -0.2) is 0 Å². The summed E-state index contributed by atoms with van der Waals surface area (Å²) in [6, 6.07) is 0. The first kappa shape index (κ1) is 15.7. The van der Waals surface area contributed by atoms with Gasteiger partial charge in [-0.05, 0) is 18.8 Å². The Morgan fingerprint density at radius 2 is 1.95 bits per heavy atom. The van der Waals surface area contributed by atoms with Crippen molar-refractivity contribution < 1.29 is 32.6 Å². The quantitative estimate of drug-likeness (QED) is 0.681. The number of halogens is 3. The van der Waals surface area contributed by atoms with Crippen LogP contribution in [-0.4, -0.2) is 54.4 Å². The number of hydrogen-bond acceptors (Lipinski definition) is 3. The van der Waals surface area contributed by atoms with E-state index < -0.39 is 31.2 Å². The lowest BCUT2D eigenvalue weighted by Crippen LogP contribution is -2.37. The molecule has 1 N–H and O–H groups in total. The van der Waals surface area contributed by atoms with E-state index in [1.807, 2.05) is 0 Å². The third kappa shape index (κ3) is 7.66. The fraction of sp³-hybridized carbons (Fsp3) is 0.818. The van der Waals surface area contributed by atoms with Crippen molar-refractivity contribution in [1.29, 1.82) is 0 Å². The van der Waals surface area contributed by atoms with Crippen LogP contribution >= 0.6 is 0 Å². The molecule has 110 valence electrons. The van der Waals surface area contributed by atoms with Crippen LogP contribution in [0.2, 0.25) is 0 Å². The lowest BCUT2D eigenvalue weighted by atomic mass is 10.3. The summed E-state index contributed by atoms with van der Waals surface area (Å²) in [6.07, 6.45) is -2.75. The van der Waals surface area contributed by atoms with E-state index in [1.54, 1.807) is 0 Å². The van der Waals surface area contributed by atoms with Crippen LogP contribution in [0.3, 0.4) is 0 Å². The fourth-order valence-corrected chi connectivity index (χ4v) is 1.54. The zero-order chi connectivity index (χ0) is 14.5. The molecule has 1 amide bonds. The van der Waals surface area contributed by atoms with Crippen molar-refractivity contribution in [1.82, 2.24) is 4.90 Å². The second-order valence-corrected chi connectivity index (χ2v) is 4.53. The Labute approximate surface area is 108 Å². The van der Waals surface area contributed by atoms with Crippen molar-refractivity contribution in [2.75, 3.05) is 26.3 Å². The molecule has 8 heteroatoms. The van der Waals surface area contributed by atoms with Crippen LogP contribution in [0.5, 0.6) is 0 Å². The Balaban J connectivity index is 2.28. The van der Waals surface area contributed by atoms with Crippen LogP contribution in [-0.2, 0) is 14.3 Å². The van der Waals surface area contributed by atoms with Crippen molar-refractivity contribution in [3.05, 3.63) is 0 Å². The number of nitrogens with zero attached hydrogens (tertiary/aromatic N) is 1. The van der Waals surface area contributed by atoms with E-state index in [0.29, 0.717) is 12.5 Å². The Morgan fingerprint density at radius 3 is 2.42 bits per heavy atom. The van der Waals surface area contributed by atoms with E-state index >= 15 is 0 Å². The molecule has 0 bridgehead atoms. The molecule has 0 unspecified atom stereocenters. The molecule has 0 spiro atoms. The molecule has 0 radical (unpaired) electrons. The summed E-state index contributed by atoms with van der Waals surface area (Å²) in [6.45, 7) is -1.83. The van der Waals surface area contributed by atoms with Gasteiger partial charge in [0.05, 0.1) is 13.0 Å². The zero-order valence-electron chi connectivity index (χ0n) is 10.3. The van der Waals surface area contributed by atoms with Crippen molar-refractivity contribution in [3.8, 4) is 0 Å². The summed E-state index contributed by atoms with van der Waals surface area (Å²) in [7, 11) is 0. The third-order valence-corrected chi connectivity index (χ3v) is 2.58. The van der Waals surface area contributed by atoms with Gasteiger partial charge in [0.2, 0.25) is 5.91 Å². The highest BCUT2D eigenvalue weighted by molar-refractivity contribution is 5.81. The average molecular weight is 283 g/mol. The molecule has 19 heavy (non-hydrogen) atoms. The highest BCUT2D eigenvalue weighted by Crippen LogP contribution is 2.29. The molecule has 1 saturated carbocycles. The monoisotopic (exact) mass is 283 g/mol. The van der Waals surface area contributed by atoms with Crippen LogP contribution in [0.25, 0.3) is 0 Å². The van der Waals surface area contributed by atoms with Crippen LogP contribution in [0, 0.1) is 5.92 Å². The number of aliphatic carboxylic acids is 1. The number of carboxylic acid groups (broad SMARTS) is 1. The number of rotatable bonds is 8. The second kappa shape index (κ2) is 6.74. The van der Waals surface area contributed by atoms with E-state index in [-0.39, 0.29) is 13.0 Å². The van der Waals surface area contributed by atoms with Crippen molar-refractivity contribution >= 4 is 11.9 Å². The highest BCUT2D eigenvalue weighted by Gasteiger charge is 2.29. The number of ether oxygens (including phenoxy) is 1. The number of amides is 1. The van der Waals surface area contributed by atoms with Crippen LogP contribution in [0.4, 0.5) is 13.2 Å². The number of alkyl halides is 3. The van der Waals surface area contributed by atoms with E-state index in [0.717, 1.165) is 17.7 Å². The largest absolute Gasteiger partial charge is 0.480 e. The van der Waals surface area contributed by atoms with Gasteiger partial charge in [-0.15, -0.1) is 0 Å².